The van der Waals surface area contributed by atoms with E-state index >= 15 is 4.39 Å². The number of benzene rings is 2. The minimum absolute atomic E-state index is 0.0241. The second kappa shape index (κ2) is 10.9. The molecule has 204 valence electrons. The third kappa shape index (κ3) is 6.24. The third-order valence-electron chi connectivity index (χ3n) is 7.03. The lowest BCUT2D eigenvalue weighted by molar-refractivity contribution is -0.137. The second-order valence-corrected chi connectivity index (χ2v) is 11.3. The quantitative estimate of drug-likeness (QED) is 0.399. The Hall–Kier alpha value is -3.25. The first-order chi connectivity index (χ1) is 17.9. The third-order valence-corrected chi connectivity index (χ3v) is 8.42. The van der Waals surface area contributed by atoms with Gasteiger partial charge in [0.05, 0.1) is 5.56 Å². The normalized spacial score (nSPS) is 18.6. The van der Waals surface area contributed by atoms with Crippen molar-refractivity contribution in [2.75, 3.05) is 36.8 Å². The van der Waals surface area contributed by atoms with E-state index in [4.69, 9.17) is 0 Å². The molecule has 12 heteroatoms. The zero-order chi connectivity index (χ0) is 27.6. The summed E-state index contributed by atoms with van der Waals surface area (Å²) in [5.74, 6) is -0.870. The Morgan fingerprint density at radius 3 is 2.58 bits per heavy atom. The van der Waals surface area contributed by atoms with Gasteiger partial charge in [0, 0.05) is 30.5 Å². The first-order valence-corrected chi connectivity index (χ1v) is 13.5. The molecule has 4 rings (SSSR count). The molecule has 1 N–H and O–H groups in total. The zero-order valence-electron chi connectivity index (χ0n) is 21.0. The standard InChI is InChI=1S/C26H29F4N5O2S/c1-34(2)25(12-9-19-5-3-6-20(15-19)26(28,29)30)11-4-14-35(17-25)21-7-8-23(22(27)16-21)38(36,37)33-24-10-13-31-18-32-24/h3,5-8,10,13,15-16,18H,4,9,11-12,14,17H2,1-2H3,(H,31,32,33)/t25-/m0/s1. The minimum atomic E-state index is -4.40. The molecule has 0 radical (unpaired) electrons. The number of hydrogen-bond donors (Lipinski definition) is 1. The predicted molar refractivity (Wildman–Crippen MR) is 137 cm³/mol. The van der Waals surface area contributed by atoms with Crippen molar-refractivity contribution in [3.63, 3.8) is 0 Å². The van der Waals surface area contributed by atoms with Crippen molar-refractivity contribution >= 4 is 21.5 Å². The number of aryl methyl sites for hydroxylation is 1. The largest absolute Gasteiger partial charge is 0.416 e. The van der Waals surface area contributed by atoms with Gasteiger partial charge in [0.1, 0.15) is 22.9 Å². The topological polar surface area (TPSA) is 78.4 Å². The summed E-state index contributed by atoms with van der Waals surface area (Å²) in [4.78, 5) is 11.1. The summed E-state index contributed by atoms with van der Waals surface area (Å²) in [6.45, 7) is 1.16. The molecule has 1 atom stereocenters. The van der Waals surface area contributed by atoms with Crippen LogP contribution in [0.25, 0.3) is 0 Å². The monoisotopic (exact) mass is 551 g/mol. The highest BCUT2D eigenvalue weighted by molar-refractivity contribution is 7.92. The number of piperidine rings is 1. The van der Waals surface area contributed by atoms with Crippen molar-refractivity contribution < 1.29 is 26.0 Å². The minimum Gasteiger partial charge on any atom is -0.370 e. The summed E-state index contributed by atoms with van der Waals surface area (Å²) in [5, 5.41) is 0. The number of alkyl halides is 3. The van der Waals surface area contributed by atoms with Gasteiger partial charge in [-0.2, -0.15) is 13.2 Å². The number of nitrogens with zero attached hydrogens (tertiary/aromatic N) is 4. The Morgan fingerprint density at radius 2 is 1.92 bits per heavy atom. The zero-order valence-corrected chi connectivity index (χ0v) is 21.9. The lowest BCUT2D eigenvalue weighted by atomic mass is 9.82. The lowest BCUT2D eigenvalue weighted by Crippen LogP contribution is -2.56. The SMILES string of the molecule is CN(C)[C@]1(CCc2cccc(C(F)(F)F)c2)CCCN(c2ccc(S(=O)(=O)Nc3ccncn3)c(F)c2)C1. The van der Waals surface area contributed by atoms with E-state index in [1.165, 1.54) is 42.9 Å². The fourth-order valence-corrected chi connectivity index (χ4v) is 5.92. The lowest BCUT2D eigenvalue weighted by Gasteiger charge is -2.48. The Bertz CT molecular complexity index is 1370. The molecule has 0 aliphatic carbocycles. The second-order valence-electron chi connectivity index (χ2n) is 9.66. The molecule has 2 aromatic carbocycles. The van der Waals surface area contributed by atoms with Crippen LogP contribution in [0.4, 0.5) is 29.1 Å². The Labute approximate surface area is 219 Å². The number of rotatable bonds is 8. The fraction of sp³-hybridized carbons (Fsp3) is 0.385. The molecule has 0 spiro atoms. The number of nitrogens with one attached hydrogen (secondary N) is 1. The Morgan fingerprint density at radius 1 is 1.13 bits per heavy atom. The molecule has 1 fully saturated rings. The van der Waals surface area contributed by atoms with Gasteiger partial charge < -0.3 is 9.80 Å². The van der Waals surface area contributed by atoms with Crippen LogP contribution in [-0.4, -0.2) is 56.0 Å². The van der Waals surface area contributed by atoms with Crippen LogP contribution in [0.1, 0.15) is 30.4 Å². The predicted octanol–water partition coefficient (Wildman–Crippen LogP) is 4.97. The summed E-state index contributed by atoms with van der Waals surface area (Å²) in [6, 6.07) is 10.7. The van der Waals surface area contributed by atoms with Gasteiger partial charge in [-0.05, 0) is 75.7 Å². The van der Waals surface area contributed by atoms with E-state index in [-0.39, 0.29) is 11.4 Å². The van der Waals surface area contributed by atoms with E-state index < -0.39 is 32.5 Å². The highest BCUT2D eigenvalue weighted by Gasteiger charge is 2.38. The molecule has 2 heterocycles. The number of halogens is 4. The van der Waals surface area contributed by atoms with E-state index in [2.05, 4.69) is 19.6 Å². The van der Waals surface area contributed by atoms with E-state index in [1.807, 2.05) is 19.0 Å². The molecular formula is C26H29F4N5O2S. The van der Waals surface area contributed by atoms with Crippen LogP contribution >= 0.6 is 0 Å². The first kappa shape index (κ1) is 27.8. The maximum Gasteiger partial charge on any atom is 0.416 e. The molecule has 0 unspecified atom stereocenters. The van der Waals surface area contributed by atoms with Crippen molar-refractivity contribution in [2.24, 2.45) is 0 Å². The smallest absolute Gasteiger partial charge is 0.370 e. The molecule has 1 aliphatic heterocycles. The highest BCUT2D eigenvalue weighted by atomic mass is 32.2. The molecule has 0 saturated carbocycles. The summed E-state index contributed by atoms with van der Waals surface area (Å²) in [5.41, 5.74) is 0.116. The molecule has 7 nitrogen and oxygen atoms in total. The Balaban J connectivity index is 1.52. The average Bonchev–Trinajstić information content (AvgIpc) is 2.87. The molecule has 38 heavy (non-hydrogen) atoms. The van der Waals surface area contributed by atoms with Gasteiger partial charge in [-0.1, -0.05) is 18.2 Å². The Kier molecular flexibility index (Phi) is 7.93. The van der Waals surface area contributed by atoms with Crippen molar-refractivity contribution in [1.29, 1.82) is 0 Å². The highest BCUT2D eigenvalue weighted by Crippen LogP contribution is 2.35. The van der Waals surface area contributed by atoms with E-state index in [9.17, 15) is 21.6 Å². The van der Waals surface area contributed by atoms with Gasteiger partial charge in [-0.3, -0.25) is 4.72 Å². The first-order valence-electron chi connectivity index (χ1n) is 12.1. The number of aromatic nitrogens is 2. The van der Waals surface area contributed by atoms with Crippen molar-refractivity contribution in [3.05, 3.63) is 78.0 Å². The van der Waals surface area contributed by atoms with Gasteiger partial charge in [0.15, 0.2) is 0 Å². The van der Waals surface area contributed by atoms with Gasteiger partial charge in [0.25, 0.3) is 10.0 Å². The number of likely N-dealkylation sites (N-methyl/N-ethyl adjacent to an activating group) is 1. The van der Waals surface area contributed by atoms with Crippen LogP contribution in [0, 0.1) is 5.82 Å². The van der Waals surface area contributed by atoms with Gasteiger partial charge >= 0.3 is 6.18 Å². The van der Waals surface area contributed by atoms with Gasteiger partial charge in [-0.15, -0.1) is 0 Å². The van der Waals surface area contributed by atoms with Crippen molar-refractivity contribution in [3.8, 4) is 0 Å². The number of hydrogen-bond acceptors (Lipinski definition) is 6. The van der Waals surface area contributed by atoms with Gasteiger partial charge in [-0.25, -0.2) is 22.8 Å². The summed E-state index contributed by atoms with van der Waals surface area (Å²) >= 11 is 0. The number of sulfonamides is 1. The van der Waals surface area contributed by atoms with Crippen LogP contribution in [-0.2, 0) is 22.6 Å². The number of anilines is 2. The molecule has 1 aliphatic rings. The fourth-order valence-electron chi connectivity index (χ4n) is 4.85. The molecule has 0 amide bonds. The summed E-state index contributed by atoms with van der Waals surface area (Å²) < 4.78 is 82.2. The van der Waals surface area contributed by atoms with Crippen molar-refractivity contribution in [2.45, 2.75) is 42.3 Å². The van der Waals surface area contributed by atoms with E-state index in [0.29, 0.717) is 37.2 Å². The summed E-state index contributed by atoms with van der Waals surface area (Å²) in [7, 11) is -0.333. The molecular weight excluding hydrogens is 522 g/mol. The van der Waals surface area contributed by atoms with E-state index in [0.717, 1.165) is 18.9 Å². The molecule has 1 saturated heterocycles. The van der Waals surface area contributed by atoms with Crippen molar-refractivity contribution in [1.82, 2.24) is 14.9 Å². The van der Waals surface area contributed by atoms with E-state index in [1.54, 1.807) is 12.1 Å². The molecule has 0 bridgehead atoms. The maximum absolute atomic E-state index is 15.1. The van der Waals surface area contributed by atoms with Crippen LogP contribution < -0.4 is 9.62 Å². The summed E-state index contributed by atoms with van der Waals surface area (Å²) in [6.07, 6.45) is 0.824. The van der Waals surface area contributed by atoms with Gasteiger partial charge in [0.2, 0.25) is 0 Å². The maximum atomic E-state index is 15.1. The van der Waals surface area contributed by atoms with Crippen LogP contribution in [0.15, 0.2) is 66.0 Å². The average molecular weight is 552 g/mol. The van der Waals surface area contributed by atoms with Crippen LogP contribution in [0.2, 0.25) is 0 Å². The molecule has 1 aromatic heterocycles. The molecule has 3 aromatic rings. The van der Waals surface area contributed by atoms with Crippen LogP contribution in [0.5, 0.6) is 0 Å². The van der Waals surface area contributed by atoms with Crippen LogP contribution in [0.3, 0.4) is 0 Å².